The van der Waals surface area contributed by atoms with Crippen molar-refractivity contribution in [2.45, 2.75) is 25.3 Å². The van der Waals surface area contributed by atoms with E-state index in [0.717, 1.165) is 5.75 Å². The summed E-state index contributed by atoms with van der Waals surface area (Å²) >= 11 is 0. The van der Waals surface area contributed by atoms with Crippen molar-refractivity contribution in [1.82, 2.24) is 10.3 Å². The molecule has 152 valence electrons. The largest absolute Gasteiger partial charge is 0.497 e. The second-order valence-electron chi connectivity index (χ2n) is 6.62. The van der Waals surface area contributed by atoms with E-state index < -0.39 is 15.9 Å². The average molecular weight is 409 g/mol. The molecule has 1 unspecified atom stereocenters. The summed E-state index contributed by atoms with van der Waals surface area (Å²) in [6.07, 6.45) is 0.729. The Hall–Kier alpha value is -2.62. The van der Waals surface area contributed by atoms with Gasteiger partial charge in [0.1, 0.15) is 23.8 Å². The molecule has 1 aromatic carbocycles. The molecule has 2 aliphatic rings. The van der Waals surface area contributed by atoms with Crippen LogP contribution >= 0.6 is 0 Å². The first-order valence-electron chi connectivity index (χ1n) is 9.03. The van der Waals surface area contributed by atoms with Crippen LogP contribution in [0.3, 0.4) is 0 Å². The Bertz CT molecular complexity index is 866. The number of carbonyl (C=O) groups excluding carboxylic acids is 2. The molecule has 1 N–H and O–H groups in total. The van der Waals surface area contributed by atoms with Gasteiger partial charge in [0, 0.05) is 12.8 Å². The lowest BCUT2D eigenvalue weighted by Crippen LogP contribution is -2.44. The van der Waals surface area contributed by atoms with Gasteiger partial charge in [0.2, 0.25) is 5.91 Å². The van der Waals surface area contributed by atoms with Gasteiger partial charge in [0.15, 0.2) is 9.84 Å². The lowest BCUT2D eigenvalue weighted by atomic mass is 10.1. The lowest BCUT2D eigenvalue weighted by Gasteiger charge is -2.27. The first-order chi connectivity index (χ1) is 13.4. The standard InChI is InChI=1S/C18H23N3O6S/c1-26-14-2-4-15(5-3-14)27-10-9-19-18(23)16-6-7-17(22)21(20-16)13-8-11-28(24,25)12-13/h2-5,13H,6-12H2,1H3,(H,19,23). The number of benzene rings is 1. The number of nitrogens with one attached hydrogen (secondary N) is 1. The van der Waals surface area contributed by atoms with E-state index in [4.69, 9.17) is 9.47 Å². The van der Waals surface area contributed by atoms with Crippen LogP contribution in [-0.2, 0) is 19.4 Å². The number of sulfone groups is 1. The normalized spacial score (nSPS) is 21.2. The maximum Gasteiger partial charge on any atom is 0.267 e. The van der Waals surface area contributed by atoms with Crippen LogP contribution in [0, 0.1) is 0 Å². The molecule has 0 spiro atoms. The third-order valence-electron chi connectivity index (χ3n) is 4.59. The molecule has 0 saturated carbocycles. The van der Waals surface area contributed by atoms with Gasteiger partial charge in [0.25, 0.3) is 5.91 Å². The van der Waals surface area contributed by atoms with Crippen molar-refractivity contribution in [1.29, 1.82) is 0 Å². The highest BCUT2D eigenvalue weighted by Gasteiger charge is 2.37. The fraction of sp³-hybridized carbons (Fsp3) is 0.500. The van der Waals surface area contributed by atoms with Crippen molar-refractivity contribution < 1.29 is 27.5 Å². The molecule has 0 radical (unpaired) electrons. The molecular formula is C18H23N3O6S. The van der Waals surface area contributed by atoms with Crippen LogP contribution in [0.1, 0.15) is 19.3 Å². The highest BCUT2D eigenvalue weighted by atomic mass is 32.2. The van der Waals surface area contributed by atoms with Gasteiger partial charge in [-0.1, -0.05) is 0 Å². The third-order valence-corrected chi connectivity index (χ3v) is 6.34. The Morgan fingerprint density at radius 3 is 2.61 bits per heavy atom. The monoisotopic (exact) mass is 409 g/mol. The highest BCUT2D eigenvalue weighted by Crippen LogP contribution is 2.22. The molecule has 10 heteroatoms. The minimum atomic E-state index is -3.14. The van der Waals surface area contributed by atoms with Gasteiger partial charge >= 0.3 is 0 Å². The van der Waals surface area contributed by atoms with Crippen LogP contribution < -0.4 is 14.8 Å². The topological polar surface area (TPSA) is 114 Å². The van der Waals surface area contributed by atoms with Gasteiger partial charge < -0.3 is 14.8 Å². The van der Waals surface area contributed by atoms with Crippen molar-refractivity contribution in [3.8, 4) is 11.5 Å². The Morgan fingerprint density at radius 1 is 1.25 bits per heavy atom. The molecule has 2 amide bonds. The SMILES string of the molecule is COc1ccc(OCCNC(=O)C2=NN(C3CCS(=O)(=O)C3)C(=O)CC2)cc1. The molecule has 1 aromatic rings. The van der Waals surface area contributed by atoms with Crippen LogP contribution in [0.5, 0.6) is 11.5 Å². The summed E-state index contributed by atoms with van der Waals surface area (Å²) < 4.78 is 33.9. The van der Waals surface area contributed by atoms with Crippen LogP contribution in [-0.4, -0.2) is 68.8 Å². The summed E-state index contributed by atoms with van der Waals surface area (Å²) in [4.78, 5) is 24.4. The van der Waals surface area contributed by atoms with Gasteiger partial charge in [-0.2, -0.15) is 5.10 Å². The molecule has 0 aromatic heterocycles. The van der Waals surface area contributed by atoms with Gasteiger partial charge in [-0.05, 0) is 30.7 Å². The molecule has 2 heterocycles. The number of rotatable bonds is 7. The number of hydrogen-bond acceptors (Lipinski definition) is 7. The van der Waals surface area contributed by atoms with E-state index in [-0.39, 0.29) is 55.0 Å². The van der Waals surface area contributed by atoms with E-state index in [1.165, 1.54) is 5.01 Å². The highest BCUT2D eigenvalue weighted by molar-refractivity contribution is 7.91. The van der Waals surface area contributed by atoms with Crippen molar-refractivity contribution in [2.75, 3.05) is 31.8 Å². The molecule has 0 aliphatic carbocycles. The second kappa shape index (κ2) is 8.59. The van der Waals surface area contributed by atoms with E-state index in [1.54, 1.807) is 31.4 Å². The Morgan fingerprint density at radius 2 is 1.96 bits per heavy atom. The summed E-state index contributed by atoms with van der Waals surface area (Å²) in [5.41, 5.74) is 0.230. The van der Waals surface area contributed by atoms with Gasteiger partial charge in [-0.25, -0.2) is 13.4 Å². The number of methoxy groups -OCH3 is 1. The minimum absolute atomic E-state index is 0.0429. The first kappa shape index (κ1) is 20.1. The second-order valence-corrected chi connectivity index (χ2v) is 8.85. The molecule has 1 atom stereocenters. The average Bonchev–Trinajstić information content (AvgIpc) is 3.05. The van der Waals surface area contributed by atoms with Crippen molar-refractivity contribution in [3.63, 3.8) is 0 Å². The molecular weight excluding hydrogens is 386 g/mol. The minimum Gasteiger partial charge on any atom is -0.497 e. The number of carbonyl (C=O) groups is 2. The molecule has 0 bridgehead atoms. The van der Waals surface area contributed by atoms with Crippen molar-refractivity contribution >= 4 is 27.4 Å². The zero-order valence-corrected chi connectivity index (χ0v) is 16.4. The molecule has 2 aliphatic heterocycles. The summed E-state index contributed by atoms with van der Waals surface area (Å²) in [6, 6.07) is 6.61. The lowest BCUT2D eigenvalue weighted by molar-refractivity contribution is -0.133. The van der Waals surface area contributed by atoms with Crippen LogP contribution in [0.4, 0.5) is 0 Å². The molecule has 3 rings (SSSR count). The quantitative estimate of drug-likeness (QED) is 0.650. The van der Waals surface area contributed by atoms with E-state index in [0.29, 0.717) is 12.2 Å². The zero-order valence-electron chi connectivity index (χ0n) is 15.6. The summed E-state index contributed by atoms with van der Waals surface area (Å²) in [5, 5.41) is 8.02. The smallest absolute Gasteiger partial charge is 0.267 e. The van der Waals surface area contributed by atoms with Crippen LogP contribution in [0.2, 0.25) is 0 Å². The zero-order chi connectivity index (χ0) is 20.1. The predicted octanol–water partition coefficient (Wildman–Crippen LogP) is 0.356. The maximum atomic E-state index is 12.3. The molecule has 1 fully saturated rings. The fourth-order valence-electron chi connectivity index (χ4n) is 3.10. The van der Waals surface area contributed by atoms with Gasteiger partial charge in [-0.3, -0.25) is 9.59 Å². The maximum absolute atomic E-state index is 12.3. The fourth-order valence-corrected chi connectivity index (χ4v) is 4.79. The molecule has 9 nitrogen and oxygen atoms in total. The summed E-state index contributed by atoms with van der Waals surface area (Å²) in [6.45, 7) is 0.546. The van der Waals surface area contributed by atoms with Crippen molar-refractivity contribution in [3.05, 3.63) is 24.3 Å². The number of ether oxygens (including phenoxy) is 2. The van der Waals surface area contributed by atoms with E-state index in [1.807, 2.05) is 0 Å². The van der Waals surface area contributed by atoms with Crippen molar-refractivity contribution in [2.24, 2.45) is 5.10 Å². The first-order valence-corrected chi connectivity index (χ1v) is 10.8. The molecule has 28 heavy (non-hydrogen) atoms. The van der Waals surface area contributed by atoms with Crippen LogP contribution in [0.25, 0.3) is 0 Å². The number of nitrogens with zero attached hydrogens (tertiary/aromatic N) is 2. The molecule has 1 saturated heterocycles. The van der Waals surface area contributed by atoms with E-state index >= 15 is 0 Å². The number of hydrogen-bond donors (Lipinski definition) is 1. The van der Waals surface area contributed by atoms with E-state index in [2.05, 4.69) is 10.4 Å². The third kappa shape index (κ3) is 5.00. The summed E-state index contributed by atoms with van der Waals surface area (Å²) in [5.74, 6) is 0.696. The predicted molar refractivity (Wildman–Crippen MR) is 102 cm³/mol. The van der Waals surface area contributed by atoms with Gasteiger partial charge in [-0.15, -0.1) is 0 Å². The number of amides is 2. The summed E-state index contributed by atoms with van der Waals surface area (Å²) in [7, 11) is -1.56. The number of hydrazone groups is 1. The van der Waals surface area contributed by atoms with Crippen LogP contribution in [0.15, 0.2) is 29.4 Å². The Labute approximate surface area is 163 Å². The van der Waals surface area contributed by atoms with Gasteiger partial charge in [0.05, 0.1) is 31.2 Å². The Balaban J connectivity index is 1.50. The van der Waals surface area contributed by atoms with E-state index in [9.17, 15) is 18.0 Å². The Kier molecular flexibility index (Phi) is 6.18.